The molecule has 0 saturated carbocycles. The molecule has 3 aromatic heterocycles. The van der Waals surface area contributed by atoms with E-state index in [9.17, 15) is 0 Å². The van der Waals surface area contributed by atoms with Gasteiger partial charge < -0.3 is 4.42 Å². The van der Waals surface area contributed by atoms with Crippen molar-refractivity contribution >= 4 is 33.0 Å². The van der Waals surface area contributed by atoms with E-state index in [1.165, 1.54) is 5.56 Å². The van der Waals surface area contributed by atoms with Gasteiger partial charge in [-0.3, -0.25) is 0 Å². The topological polar surface area (TPSA) is 29.9 Å². The summed E-state index contributed by atoms with van der Waals surface area (Å²) in [5.41, 5.74) is 7.49. The quantitative estimate of drug-likeness (QED) is 0.346. The molecule has 0 N–H and O–H groups in total. The van der Waals surface area contributed by atoms with Crippen LogP contribution in [0.25, 0.3) is 44.2 Å². The van der Waals surface area contributed by atoms with Crippen molar-refractivity contribution in [3.63, 3.8) is 0 Å². The van der Waals surface area contributed by atoms with Gasteiger partial charge in [-0.15, -0.1) is 0 Å². The lowest BCUT2D eigenvalue weighted by molar-refractivity contribution is -0.660. The number of rotatable bonds is 1. The number of fused-ring (bicyclic) bond motifs is 4. The summed E-state index contributed by atoms with van der Waals surface area (Å²) in [6, 6.07) is 14.4. The Morgan fingerprint density at radius 2 is 1.79 bits per heavy atom. The molecular weight excluding hydrogens is 344 g/mol. The van der Waals surface area contributed by atoms with Crippen molar-refractivity contribution in [2.75, 3.05) is 0 Å². The molecule has 3 nitrogen and oxygen atoms in total. The number of furan rings is 1. The van der Waals surface area contributed by atoms with Gasteiger partial charge in [0.1, 0.15) is 7.05 Å². The number of hydrogen-bond acceptors (Lipinski definition) is 2. The Bertz CT molecular complexity index is 1510. The van der Waals surface area contributed by atoms with Crippen LogP contribution >= 0.6 is 0 Å². The molecule has 0 aliphatic rings. The summed E-state index contributed by atoms with van der Waals surface area (Å²) >= 11 is 0. The van der Waals surface area contributed by atoms with Gasteiger partial charge in [0, 0.05) is 31.9 Å². The minimum atomic E-state index is -2.15. The zero-order chi connectivity index (χ0) is 22.1. The predicted molar refractivity (Wildman–Crippen MR) is 115 cm³/mol. The summed E-state index contributed by atoms with van der Waals surface area (Å²) in [7, 11) is 1.88. The van der Waals surface area contributed by atoms with Gasteiger partial charge >= 0.3 is 0 Å². The van der Waals surface area contributed by atoms with Crippen molar-refractivity contribution < 1.29 is 13.1 Å². The molecule has 2 aromatic carbocycles. The molecule has 0 amide bonds. The maximum Gasteiger partial charge on any atom is 0.227 e. The highest BCUT2D eigenvalue weighted by molar-refractivity contribution is 6.11. The van der Waals surface area contributed by atoms with Gasteiger partial charge in [0.05, 0.1) is 11.1 Å². The number of aromatic nitrogens is 2. The molecule has 0 spiro atoms. The molecule has 0 fully saturated rings. The Morgan fingerprint density at radius 1 is 0.929 bits per heavy atom. The highest BCUT2D eigenvalue weighted by Gasteiger charge is 2.22. The molecule has 0 radical (unpaired) electrons. The monoisotopic (exact) mass is 370 g/mol. The Hall–Kier alpha value is -3.20. The summed E-state index contributed by atoms with van der Waals surface area (Å²) in [4.78, 5) is 4.76. The zero-order valence-electron chi connectivity index (χ0n) is 19.4. The number of nitrogens with zero attached hydrogens (tertiary/aromatic N) is 2. The third-order valence-corrected chi connectivity index (χ3v) is 5.53. The van der Waals surface area contributed by atoms with Gasteiger partial charge in [-0.05, 0) is 56.9 Å². The fourth-order valence-corrected chi connectivity index (χ4v) is 3.96. The van der Waals surface area contributed by atoms with Gasteiger partial charge in [-0.25, -0.2) is 9.55 Å². The van der Waals surface area contributed by atoms with Crippen LogP contribution < -0.4 is 4.57 Å². The van der Waals surface area contributed by atoms with E-state index in [1.807, 2.05) is 37.6 Å². The number of benzene rings is 2. The molecule has 138 valence electrons. The van der Waals surface area contributed by atoms with E-state index >= 15 is 0 Å². The van der Waals surface area contributed by atoms with Crippen molar-refractivity contribution in [3.8, 4) is 11.3 Å². The minimum Gasteiger partial charge on any atom is -0.437 e. The molecule has 5 aromatic rings. The van der Waals surface area contributed by atoms with E-state index in [0.717, 1.165) is 49.6 Å². The maximum absolute atomic E-state index is 7.81. The van der Waals surface area contributed by atoms with Crippen molar-refractivity contribution in [1.29, 1.82) is 0 Å². The second-order valence-electron chi connectivity index (χ2n) is 7.64. The van der Waals surface area contributed by atoms with Gasteiger partial charge in [-0.2, -0.15) is 0 Å². The molecule has 3 heterocycles. The second kappa shape index (κ2) is 5.90. The SMILES string of the molecule is [2H]C([2H])([2H])c1c[n+](C)c(-c2c(C)ccc3c2oc2nc4ccc(C)cc4cc23)cc1C. The molecule has 28 heavy (non-hydrogen) atoms. The third-order valence-electron chi connectivity index (χ3n) is 5.53. The van der Waals surface area contributed by atoms with Gasteiger partial charge in [0.15, 0.2) is 11.8 Å². The largest absolute Gasteiger partial charge is 0.437 e. The van der Waals surface area contributed by atoms with E-state index in [0.29, 0.717) is 11.3 Å². The standard InChI is InChI=1S/C25H23N2O/c1-14-6-9-21-18(10-14)12-20-19-8-7-15(2)23(24(19)28-25(20)26-21)22-11-16(3)17(4)13-27(22)5/h6-13H,1-5H3/q+1/i4D3. The summed E-state index contributed by atoms with van der Waals surface area (Å²) < 4.78 is 31.6. The minimum absolute atomic E-state index is 0.358. The van der Waals surface area contributed by atoms with Crippen LogP contribution in [0.15, 0.2) is 53.1 Å². The van der Waals surface area contributed by atoms with Crippen LogP contribution in [0.4, 0.5) is 0 Å². The van der Waals surface area contributed by atoms with Gasteiger partial charge in [0.25, 0.3) is 0 Å². The van der Waals surface area contributed by atoms with Crippen LogP contribution in [0.3, 0.4) is 0 Å². The van der Waals surface area contributed by atoms with E-state index in [-0.39, 0.29) is 0 Å². The third kappa shape index (κ3) is 2.43. The summed E-state index contributed by atoms with van der Waals surface area (Å²) in [6.07, 6.45) is 1.70. The molecule has 0 aliphatic heterocycles. The Morgan fingerprint density at radius 3 is 2.61 bits per heavy atom. The molecule has 0 saturated heterocycles. The molecule has 5 rings (SSSR count). The fourth-order valence-electron chi connectivity index (χ4n) is 3.96. The normalized spacial score (nSPS) is 13.8. The van der Waals surface area contributed by atoms with Gasteiger partial charge in [-0.1, -0.05) is 23.8 Å². The Balaban J connectivity index is 1.83. The second-order valence-corrected chi connectivity index (χ2v) is 7.64. The molecular formula is C25H23N2O+. The zero-order valence-corrected chi connectivity index (χ0v) is 16.4. The average Bonchev–Trinajstić information content (AvgIpc) is 3.04. The smallest absolute Gasteiger partial charge is 0.227 e. The van der Waals surface area contributed by atoms with E-state index in [4.69, 9.17) is 13.5 Å². The van der Waals surface area contributed by atoms with Gasteiger partial charge in [0.2, 0.25) is 11.4 Å². The van der Waals surface area contributed by atoms with E-state index < -0.39 is 6.85 Å². The Kier molecular flexibility index (Phi) is 2.93. The van der Waals surface area contributed by atoms with E-state index in [1.54, 1.807) is 6.20 Å². The lowest BCUT2D eigenvalue weighted by atomic mass is 9.99. The number of aryl methyl sites for hydroxylation is 5. The first-order valence-electron chi connectivity index (χ1n) is 10.9. The van der Waals surface area contributed by atoms with Crippen LogP contribution in [0, 0.1) is 27.6 Å². The predicted octanol–water partition coefficient (Wildman–Crippen LogP) is 5.86. The summed E-state index contributed by atoms with van der Waals surface area (Å²) in [5, 5.41) is 3.07. The summed E-state index contributed by atoms with van der Waals surface area (Å²) in [6.45, 7) is 3.81. The number of pyridine rings is 2. The fraction of sp³-hybridized carbons (Fsp3) is 0.200. The van der Waals surface area contributed by atoms with Crippen LogP contribution in [0.5, 0.6) is 0 Å². The van der Waals surface area contributed by atoms with Crippen molar-refractivity contribution in [1.82, 2.24) is 4.98 Å². The average molecular weight is 370 g/mol. The highest BCUT2D eigenvalue weighted by atomic mass is 16.3. The van der Waals surface area contributed by atoms with Crippen molar-refractivity contribution in [3.05, 3.63) is 70.9 Å². The van der Waals surface area contributed by atoms with Crippen molar-refractivity contribution in [2.24, 2.45) is 7.05 Å². The first-order chi connectivity index (χ1) is 14.6. The lowest BCUT2D eigenvalue weighted by Crippen LogP contribution is -2.31. The first-order valence-corrected chi connectivity index (χ1v) is 9.38. The van der Waals surface area contributed by atoms with Crippen molar-refractivity contribution in [2.45, 2.75) is 27.6 Å². The molecule has 0 bridgehead atoms. The molecule has 0 atom stereocenters. The number of hydrogen-bond donors (Lipinski definition) is 0. The molecule has 3 heteroatoms. The van der Waals surface area contributed by atoms with E-state index in [2.05, 4.69) is 37.3 Å². The Labute approximate surface area is 168 Å². The van der Waals surface area contributed by atoms with Crippen LogP contribution in [0.1, 0.15) is 26.4 Å². The maximum atomic E-state index is 7.81. The van der Waals surface area contributed by atoms with Crippen LogP contribution in [-0.2, 0) is 7.05 Å². The van der Waals surface area contributed by atoms with Crippen LogP contribution in [0.2, 0.25) is 0 Å². The first kappa shape index (κ1) is 13.9. The molecule has 0 aliphatic carbocycles. The van der Waals surface area contributed by atoms with Crippen LogP contribution in [-0.4, -0.2) is 4.98 Å². The highest BCUT2D eigenvalue weighted by Crippen LogP contribution is 2.37. The molecule has 0 unspecified atom stereocenters. The summed E-state index contributed by atoms with van der Waals surface area (Å²) in [5.74, 6) is 0. The lowest BCUT2D eigenvalue weighted by Gasteiger charge is -2.07.